The highest BCUT2D eigenvalue weighted by atomic mass is 16.5. The van der Waals surface area contributed by atoms with E-state index < -0.39 is 6.03 Å². The lowest BCUT2D eigenvalue weighted by Crippen LogP contribution is -2.31. The zero-order chi connectivity index (χ0) is 14.4. The number of amides is 2. The number of carbonyl (C=O) groups excluding carboxylic acids is 1. The van der Waals surface area contributed by atoms with Crippen molar-refractivity contribution < 1.29 is 9.53 Å². The molecule has 104 valence electrons. The second-order valence-electron chi connectivity index (χ2n) is 4.21. The molecule has 0 aliphatic carbocycles. The fourth-order valence-corrected chi connectivity index (χ4v) is 1.56. The molecule has 1 N–H and O–H groups in total. The summed E-state index contributed by atoms with van der Waals surface area (Å²) in [6.07, 6.45) is 2.03. The fraction of sp³-hybridized carbons (Fsp3) is 0.286. The molecule has 0 radical (unpaired) electrons. The molecule has 2 amide bonds. The van der Waals surface area contributed by atoms with Crippen molar-refractivity contribution in [2.75, 3.05) is 6.61 Å². The number of amidine groups is 1. The van der Waals surface area contributed by atoms with Crippen LogP contribution in [0.4, 0.5) is 10.5 Å². The highest BCUT2D eigenvalue weighted by Gasteiger charge is 2.15. The number of benzene rings is 1. The second-order valence-corrected chi connectivity index (χ2v) is 4.21. The number of azo groups is 1. The Morgan fingerprint density at radius 1 is 1.35 bits per heavy atom. The number of unbranched alkanes of at least 4 members (excludes halogenated alkanes) is 1. The average Bonchev–Trinajstić information content (AvgIpc) is 2.45. The summed E-state index contributed by atoms with van der Waals surface area (Å²) in [5, 5.41) is 9.49. The Balaban J connectivity index is 2.22. The minimum absolute atomic E-state index is 0.288. The number of urea groups is 1. The van der Waals surface area contributed by atoms with Crippen LogP contribution in [0.15, 0.2) is 51.8 Å². The number of carbonyl (C=O) groups is 1. The van der Waals surface area contributed by atoms with Gasteiger partial charge in [0.1, 0.15) is 17.1 Å². The summed E-state index contributed by atoms with van der Waals surface area (Å²) < 4.78 is 5.68. The number of aliphatic imine (C=N–C) groups is 1. The lowest BCUT2D eigenvalue weighted by molar-refractivity contribution is 0.251. The molecule has 1 aliphatic heterocycles. The van der Waals surface area contributed by atoms with E-state index >= 15 is 0 Å². The number of nitrogens with one attached hydrogen (secondary N) is 1. The Bertz CT molecular complexity index is 578. The highest BCUT2D eigenvalue weighted by Crippen LogP contribution is 2.28. The van der Waals surface area contributed by atoms with E-state index in [9.17, 15) is 4.79 Å². The standard InChI is InChI=1S/C14H16N4O2/c1-3-4-9-20-12-8-6-5-7-11(12)15-13-10(2)17-18-14(19)16-13/h5-8H,2-4,9H2,1H3,(H,15,16,19). The third-order valence-electron chi connectivity index (χ3n) is 2.61. The van der Waals surface area contributed by atoms with E-state index in [2.05, 4.69) is 34.0 Å². The maximum absolute atomic E-state index is 11.2. The third kappa shape index (κ3) is 3.50. The quantitative estimate of drug-likeness (QED) is 0.832. The minimum Gasteiger partial charge on any atom is -0.491 e. The molecule has 0 unspecified atom stereocenters. The van der Waals surface area contributed by atoms with Gasteiger partial charge in [0.15, 0.2) is 5.84 Å². The van der Waals surface area contributed by atoms with E-state index in [1.54, 1.807) is 6.07 Å². The molecule has 20 heavy (non-hydrogen) atoms. The number of nitrogens with zero attached hydrogens (tertiary/aromatic N) is 3. The number of rotatable bonds is 5. The minimum atomic E-state index is -0.555. The Morgan fingerprint density at radius 3 is 2.95 bits per heavy atom. The lowest BCUT2D eigenvalue weighted by Gasteiger charge is -2.12. The topological polar surface area (TPSA) is 75.4 Å². The van der Waals surface area contributed by atoms with Crippen LogP contribution in [0.2, 0.25) is 0 Å². The Labute approximate surface area is 117 Å². The van der Waals surface area contributed by atoms with Gasteiger partial charge in [0.25, 0.3) is 0 Å². The van der Waals surface area contributed by atoms with Crippen molar-refractivity contribution in [2.45, 2.75) is 19.8 Å². The number of para-hydroxylation sites is 2. The van der Waals surface area contributed by atoms with Crippen LogP contribution in [0.25, 0.3) is 0 Å². The summed E-state index contributed by atoms with van der Waals surface area (Å²) in [7, 11) is 0. The first-order chi connectivity index (χ1) is 9.70. The predicted molar refractivity (Wildman–Crippen MR) is 76.5 cm³/mol. The van der Waals surface area contributed by atoms with E-state index in [0.717, 1.165) is 12.8 Å². The van der Waals surface area contributed by atoms with Crippen LogP contribution in [0.5, 0.6) is 5.75 Å². The molecule has 6 nitrogen and oxygen atoms in total. The average molecular weight is 272 g/mol. The Hall–Kier alpha value is -2.50. The molecule has 0 bridgehead atoms. The molecule has 0 aromatic heterocycles. The zero-order valence-corrected chi connectivity index (χ0v) is 11.3. The van der Waals surface area contributed by atoms with Gasteiger partial charge in [0.05, 0.1) is 6.61 Å². The summed E-state index contributed by atoms with van der Waals surface area (Å²) in [5.74, 6) is 0.953. The summed E-state index contributed by atoms with van der Waals surface area (Å²) in [4.78, 5) is 15.5. The van der Waals surface area contributed by atoms with Crippen LogP contribution in [0.3, 0.4) is 0 Å². The van der Waals surface area contributed by atoms with Gasteiger partial charge < -0.3 is 4.74 Å². The maximum Gasteiger partial charge on any atom is 0.365 e. The Morgan fingerprint density at radius 2 is 2.15 bits per heavy atom. The predicted octanol–water partition coefficient (Wildman–Crippen LogP) is 3.58. The summed E-state index contributed by atoms with van der Waals surface area (Å²) in [6.45, 7) is 6.41. The molecule has 6 heteroatoms. The van der Waals surface area contributed by atoms with Gasteiger partial charge in [-0.05, 0) is 18.6 Å². The molecule has 2 rings (SSSR count). The molecule has 0 saturated carbocycles. The zero-order valence-electron chi connectivity index (χ0n) is 11.3. The largest absolute Gasteiger partial charge is 0.491 e. The third-order valence-corrected chi connectivity index (χ3v) is 2.61. The van der Waals surface area contributed by atoms with E-state index in [-0.39, 0.29) is 5.84 Å². The van der Waals surface area contributed by atoms with Crippen molar-refractivity contribution in [3.05, 3.63) is 36.5 Å². The second kappa shape index (κ2) is 6.60. The SMILES string of the molecule is C=C1N=NC(=O)NC1=Nc1ccccc1OCCCC. The molecule has 1 heterocycles. The highest BCUT2D eigenvalue weighted by molar-refractivity contribution is 6.09. The van der Waals surface area contributed by atoms with Crippen LogP contribution in [-0.2, 0) is 0 Å². The van der Waals surface area contributed by atoms with Gasteiger partial charge in [-0.25, -0.2) is 9.79 Å². The molecule has 0 atom stereocenters. The Kier molecular flexibility index (Phi) is 4.60. The van der Waals surface area contributed by atoms with E-state index in [4.69, 9.17) is 4.74 Å². The van der Waals surface area contributed by atoms with Crippen molar-refractivity contribution in [3.8, 4) is 5.75 Å². The summed E-state index contributed by atoms with van der Waals surface area (Å²) in [5.41, 5.74) is 0.935. The monoisotopic (exact) mass is 272 g/mol. The van der Waals surface area contributed by atoms with Gasteiger partial charge in [-0.2, -0.15) is 0 Å². The molecule has 1 aliphatic rings. The lowest BCUT2D eigenvalue weighted by atomic mass is 10.3. The molecule has 1 aromatic carbocycles. The molecule has 0 fully saturated rings. The van der Waals surface area contributed by atoms with Crippen LogP contribution in [0.1, 0.15) is 19.8 Å². The molecular weight excluding hydrogens is 256 g/mol. The number of ether oxygens (including phenoxy) is 1. The summed E-state index contributed by atoms with van der Waals surface area (Å²) >= 11 is 0. The van der Waals surface area contributed by atoms with Gasteiger partial charge in [0.2, 0.25) is 0 Å². The summed E-state index contributed by atoms with van der Waals surface area (Å²) in [6, 6.07) is 6.81. The number of hydrogen-bond acceptors (Lipinski definition) is 4. The van der Waals surface area contributed by atoms with Gasteiger partial charge >= 0.3 is 6.03 Å². The van der Waals surface area contributed by atoms with Gasteiger partial charge in [-0.1, -0.05) is 37.2 Å². The smallest absolute Gasteiger partial charge is 0.365 e. The van der Waals surface area contributed by atoms with Gasteiger partial charge in [0, 0.05) is 0 Å². The number of hydrogen-bond donors (Lipinski definition) is 1. The molecule has 0 saturated heterocycles. The fourth-order valence-electron chi connectivity index (χ4n) is 1.56. The van der Waals surface area contributed by atoms with Crippen molar-refractivity contribution in [1.82, 2.24) is 5.32 Å². The van der Waals surface area contributed by atoms with Crippen molar-refractivity contribution in [3.63, 3.8) is 0 Å². The van der Waals surface area contributed by atoms with Crippen LogP contribution in [0, 0.1) is 0 Å². The van der Waals surface area contributed by atoms with E-state index in [1.165, 1.54) is 0 Å². The van der Waals surface area contributed by atoms with E-state index in [1.807, 2.05) is 18.2 Å². The first-order valence-corrected chi connectivity index (χ1v) is 6.43. The first kappa shape index (κ1) is 13.9. The van der Waals surface area contributed by atoms with Gasteiger partial charge in [-0.15, -0.1) is 5.11 Å². The van der Waals surface area contributed by atoms with Crippen molar-refractivity contribution in [1.29, 1.82) is 0 Å². The first-order valence-electron chi connectivity index (χ1n) is 6.43. The maximum atomic E-state index is 11.2. The normalized spacial score (nSPS) is 16.4. The van der Waals surface area contributed by atoms with Crippen molar-refractivity contribution in [2.24, 2.45) is 15.2 Å². The molecular formula is C14H16N4O2. The van der Waals surface area contributed by atoms with Crippen LogP contribution in [-0.4, -0.2) is 18.5 Å². The van der Waals surface area contributed by atoms with Crippen LogP contribution >= 0.6 is 0 Å². The van der Waals surface area contributed by atoms with E-state index in [0.29, 0.717) is 23.7 Å². The van der Waals surface area contributed by atoms with Crippen LogP contribution < -0.4 is 10.1 Å². The van der Waals surface area contributed by atoms with Gasteiger partial charge in [-0.3, -0.25) is 5.32 Å². The molecule has 1 aromatic rings. The van der Waals surface area contributed by atoms with Crippen molar-refractivity contribution >= 4 is 17.6 Å². The molecule has 0 spiro atoms.